The molecule has 0 aromatic rings. The van der Waals surface area contributed by atoms with E-state index in [4.69, 9.17) is 4.74 Å². The van der Waals surface area contributed by atoms with Crippen LogP contribution in [0, 0.1) is 0 Å². The Kier molecular flexibility index (Phi) is 63.9. The highest BCUT2D eigenvalue weighted by Gasteiger charge is 2.20. The van der Waals surface area contributed by atoms with Gasteiger partial charge in [-0.2, -0.15) is 0 Å². The molecule has 1 amide bonds. The van der Waals surface area contributed by atoms with E-state index in [0.717, 1.165) is 38.5 Å². The first-order valence-corrected chi connectivity index (χ1v) is 34.4. The minimum atomic E-state index is -0.666. The van der Waals surface area contributed by atoms with Crippen molar-refractivity contribution in [1.29, 1.82) is 0 Å². The number of aliphatic hydroxyl groups excluding tert-OH is 2. The summed E-state index contributed by atoms with van der Waals surface area (Å²) in [6, 6.07) is -0.543. The van der Waals surface area contributed by atoms with Crippen LogP contribution in [0.5, 0.6) is 0 Å². The molecule has 3 N–H and O–H groups in total. The zero-order valence-corrected chi connectivity index (χ0v) is 51.1. The maximum absolute atomic E-state index is 12.5. The van der Waals surface area contributed by atoms with Crippen molar-refractivity contribution in [2.75, 3.05) is 13.2 Å². The van der Waals surface area contributed by atoms with Crippen LogP contribution in [0.3, 0.4) is 0 Å². The van der Waals surface area contributed by atoms with Crippen LogP contribution in [-0.4, -0.2) is 47.4 Å². The summed E-state index contributed by atoms with van der Waals surface area (Å²) in [6.45, 7) is 4.99. The summed E-state index contributed by atoms with van der Waals surface area (Å²) in [6.07, 6.45) is 79.6. The summed E-state index contributed by atoms with van der Waals surface area (Å²) in [5, 5.41) is 23.4. The van der Waals surface area contributed by atoms with Crippen molar-refractivity contribution in [2.45, 2.75) is 405 Å². The van der Waals surface area contributed by atoms with Crippen LogP contribution in [0.1, 0.15) is 393 Å². The van der Waals surface area contributed by atoms with Crippen LogP contribution >= 0.6 is 0 Å². The number of rotatable bonds is 65. The highest BCUT2D eigenvalue weighted by molar-refractivity contribution is 5.76. The molecule has 75 heavy (non-hydrogen) atoms. The van der Waals surface area contributed by atoms with E-state index in [1.807, 2.05) is 0 Å². The number of aliphatic hydroxyl groups is 2. The Hall–Kier alpha value is -1.40. The zero-order valence-electron chi connectivity index (χ0n) is 51.1. The monoisotopic (exact) mass is 1060 g/mol. The Morgan fingerprint density at radius 2 is 0.627 bits per heavy atom. The average Bonchev–Trinajstić information content (AvgIpc) is 3.41. The van der Waals surface area contributed by atoms with Gasteiger partial charge >= 0.3 is 5.97 Å². The van der Waals surface area contributed by atoms with Crippen molar-refractivity contribution in [3.8, 4) is 0 Å². The van der Waals surface area contributed by atoms with Crippen LogP contribution in [0.4, 0.5) is 0 Å². The standard InChI is InChI=1S/C69H135NO5/c1-3-5-7-9-11-13-15-16-17-18-19-26-29-32-35-38-42-45-49-53-57-61-67(72)66(65-71)70-68(73)62-58-54-50-46-43-39-36-33-30-27-24-22-20-21-23-25-28-31-34-37-40-44-48-52-56-60-64-75-69(74)63-59-55-51-47-41-14-12-10-8-6-4-2/h20,22,66-67,71-72H,3-19,21,23-65H2,1-2H3,(H,70,73)/b22-20-. The highest BCUT2D eigenvalue weighted by atomic mass is 16.5. The number of carbonyl (C=O) groups excluding carboxylic acids is 2. The van der Waals surface area contributed by atoms with Gasteiger partial charge in [0.05, 0.1) is 25.4 Å². The third-order valence-electron chi connectivity index (χ3n) is 16.3. The molecule has 0 aliphatic rings. The molecule has 0 radical (unpaired) electrons. The summed E-state index contributed by atoms with van der Waals surface area (Å²) in [7, 11) is 0. The maximum Gasteiger partial charge on any atom is 0.305 e. The van der Waals surface area contributed by atoms with Gasteiger partial charge in [-0.1, -0.05) is 341 Å². The first-order chi connectivity index (χ1) is 37.0. The molecule has 0 spiro atoms. The lowest BCUT2D eigenvalue weighted by Crippen LogP contribution is -2.45. The predicted octanol–water partition coefficient (Wildman–Crippen LogP) is 22.0. The van der Waals surface area contributed by atoms with Crippen molar-refractivity contribution < 1.29 is 24.5 Å². The van der Waals surface area contributed by atoms with Gasteiger partial charge in [0.25, 0.3) is 0 Å². The van der Waals surface area contributed by atoms with Crippen LogP contribution in [0.25, 0.3) is 0 Å². The Bertz CT molecular complexity index is 1130. The Balaban J connectivity index is 3.39. The number of hydrogen-bond donors (Lipinski definition) is 3. The molecule has 0 aliphatic heterocycles. The first-order valence-electron chi connectivity index (χ1n) is 34.4. The predicted molar refractivity (Wildman–Crippen MR) is 329 cm³/mol. The molecular weight excluding hydrogens is 923 g/mol. The van der Waals surface area contributed by atoms with Gasteiger partial charge in [0.2, 0.25) is 5.91 Å². The van der Waals surface area contributed by atoms with Crippen LogP contribution in [-0.2, 0) is 14.3 Å². The van der Waals surface area contributed by atoms with E-state index >= 15 is 0 Å². The number of esters is 1. The molecule has 2 atom stereocenters. The molecule has 0 aromatic heterocycles. The van der Waals surface area contributed by atoms with Gasteiger partial charge < -0.3 is 20.3 Å². The lowest BCUT2D eigenvalue weighted by molar-refractivity contribution is -0.143. The summed E-state index contributed by atoms with van der Waals surface area (Å²) in [4.78, 5) is 24.5. The quantitative estimate of drug-likeness (QED) is 0.0320. The van der Waals surface area contributed by atoms with E-state index in [0.29, 0.717) is 25.9 Å². The third kappa shape index (κ3) is 61.7. The SMILES string of the molecule is CCCCCCCCCCCCCCCCCCCCCCCC(O)C(CO)NC(=O)CCCCCCCCCCCC/C=C\CCCCCCCCCCCCCCOC(=O)CCCCCCCCCCCCC. The number of carbonyl (C=O) groups is 2. The fourth-order valence-corrected chi connectivity index (χ4v) is 11.1. The lowest BCUT2D eigenvalue weighted by atomic mass is 10.0. The molecule has 0 aromatic carbocycles. The molecule has 0 saturated heterocycles. The van der Waals surface area contributed by atoms with Crippen molar-refractivity contribution in [3.63, 3.8) is 0 Å². The molecule has 0 bridgehead atoms. The second kappa shape index (κ2) is 65.1. The Labute approximate surface area is 469 Å². The largest absolute Gasteiger partial charge is 0.466 e. The summed E-state index contributed by atoms with van der Waals surface area (Å²) < 4.78 is 5.47. The van der Waals surface area contributed by atoms with Gasteiger partial charge in [-0.15, -0.1) is 0 Å². The van der Waals surface area contributed by atoms with E-state index in [-0.39, 0.29) is 18.5 Å². The second-order valence-corrected chi connectivity index (χ2v) is 23.9. The molecule has 6 heteroatoms. The Morgan fingerprint density at radius 3 is 0.947 bits per heavy atom. The van der Waals surface area contributed by atoms with Gasteiger partial charge in [0.1, 0.15) is 0 Å². The van der Waals surface area contributed by atoms with Crippen LogP contribution in [0.15, 0.2) is 12.2 Å². The van der Waals surface area contributed by atoms with Gasteiger partial charge in [-0.3, -0.25) is 9.59 Å². The molecule has 0 aliphatic carbocycles. The third-order valence-corrected chi connectivity index (χ3v) is 16.3. The summed E-state index contributed by atoms with van der Waals surface area (Å²) >= 11 is 0. The number of allylic oxidation sites excluding steroid dienone is 2. The highest BCUT2D eigenvalue weighted by Crippen LogP contribution is 2.19. The number of nitrogens with one attached hydrogen (secondary N) is 1. The van der Waals surface area contributed by atoms with E-state index < -0.39 is 12.1 Å². The number of unbranched alkanes of at least 4 members (excludes halogenated alkanes) is 52. The maximum atomic E-state index is 12.5. The molecule has 6 nitrogen and oxygen atoms in total. The van der Waals surface area contributed by atoms with Crippen molar-refractivity contribution in [3.05, 3.63) is 12.2 Å². The number of amides is 1. The van der Waals surface area contributed by atoms with E-state index in [2.05, 4.69) is 31.3 Å². The van der Waals surface area contributed by atoms with Gasteiger partial charge in [0.15, 0.2) is 0 Å². The minimum Gasteiger partial charge on any atom is -0.466 e. The van der Waals surface area contributed by atoms with Crippen molar-refractivity contribution >= 4 is 11.9 Å². The van der Waals surface area contributed by atoms with Crippen molar-refractivity contribution in [1.82, 2.24) is 5.32 Å². The first kappa shape index (κ1) is 73.6. The fraction of sp³-hybridized carbons (Fsp3) is 0.942. The van der Waals surface area contributed by atoms with Crippen LogP contribution in [0.2, 0.25) is 0 Å². The normalized spacial score (nSPS) is 12.5. The fourth-order valence-electron chi connectivity index (χ4n) is 11.1. The smallest absolute Gasteiger partial charge is 0.305 e. The summed E-state index contributed by atoms with van der Waals surface area (Å²) in [5.74, 6) is -0.0172. The molecule has 0 fully saturated rings. The second-order valence-electron chi connectivity index (χ2n) is 23.9. The van der Waals surface area contributed by atoms with E-state index in [1.165, 1.54) is 321 Å². The van der Waals surface area contributed by atoms with Crippen LogP contribution < -0.4 is 5.32 Å². The Morgan fingerprint density at radius 1 is 0.360 bits per heavy atom. The molecule has 2 unspecified atom stereocenters. The summed E-state index contributed by atoms with van der Waals surface area (Å²) in [5.41, 5.74) is 0. The number of hydrogen-bond acceptors (Lipinski definition) is 5. The van der Waals surface area contributed by atoms with Gasteiger partial charge in [0, 0.05) is 12.8 Å². The average molecular weight is 1060 g/mol. The topological polar surface area (TPSA) is 95.9 Å². The van der Waals surface area contributed by atoms with Crippen molar-refractivity contribution in [2.24, 2.45) is 0 Å². The van der Waals surface area contributed by atoms with E-state index in [1.54, 1.807) is 0 Å². The zero-order chi connectivity index (χ0) is 54.3. The van der Waals surface area contributed by atoms with E-state index in [9.17, 15) is 19.8 Å². The molecule has 446 valence electrons. The minimum absolute atomic E-state index is 0.0150. The molecule has 0 saturated carbocycles. The number of ether oxygens (including phenoxy) is 1. The molecule has 0 rings (SSSR count). The lowest BCUT2D eigenvalue weighted by Gasteiger charge is -2.22. The molecule has 0 heterocycles. The molecular formula is C69H135NO5. The van der Waals surface area contributed by atoms with Gasteiger partial charge in [-0.05, 0) is 51.4 Å². The van der Waals surface area contributed by atoms with Gasteiger partial charge in [-0.25, -0.2) is 0 Å².